The van der Waals surface area contributed by atoms with Gasteiger partial charge in [-0.3, -0.25) is 4.79 Å². The molecule has 0 heterocycles. The summed E-state index contributed by atoms with van der Waals surface area (Å²) in [5, 5.41) is 0. The monoisotopic (exact) mass is 338 g/mol. The van der Waals surface area contributed by atoms with Gasteiger partial charge in [-0.1, -0.05) is 84.6 Å². The van der Waals surface area contributed by atoms with Gasteiger partial charge in [-0.05, 0) is 37.7 Å². The van der Waals surface area contributed by atoms with Crippen molar-refractivity contribution in [3.05, 3.63) is 11.6 Å². The number of carbonyl (C=O) groups excluding carboxylic acids is 2. The zero-order valence-electron chi connectivity index (χ0n) is 16.7. The summed E-state index contributed by atoms with van der Waals surface area (Å²) in [5.74, 6) is 0. The van der Waals surface area contributed by atoms with Crippen LogP contribution in [0.15, 0.2) is 11.6 Å². The topological polar surface area (TPSA) is 34.1 Å². The molecule has 0 aromatic carbocycles. The van der Waals surface area contributed by atoms with E-state index in [9.17, 15) is 9.59 Å². The Morgan fingerprint density at radius 3 is 1.67 bits per heavy atom. The fourth-order valence-electron chi connectivity index (χ4n) is 2.46. The van der Waals surface area contributed by atoms with Crippen LogP contribution >= 0.6 is 0 Å². The number of unbranched alkanes of at least 4 members (excludes halogenated alkanes) is 11. The third-order valence-electron chi connectivity index (χ3n) is 4.11. The van der Waals surface area contributed by atoms with E-state index in [0.717, 1.165) is 50.2 Å². The van der Waals surface area contributed by atoms with E-state index >= 15 is 0 Å². The number of rotatable bonds is 16. The van der Waals surface area contributed by atoms with Gasteiger partial charge in [0, 0.05) is 6.42 Å². The molecular weight excluding hydrogens is 296 g/mol. The van der Waals surface area contributed by atoms with E-state index in [-0.39, 0.29) is 0 Å². The molecule has 0 fully saturated rings. The van der Waals surface area contributed by atoms with Crippen molar-refractivity contribution in [2.75, 3.05) is 0 Å². The van der Waals surface area contributed by atoms with Crippen LogP contribution in [0.3, 0.4) is 0 Å². The van der Waals surface area contributed by atoms with Crippen LogP contribution in [0.4, 0.5) is 0 Å². The van der Waals surface area contributed by atoms with Gasteiger partial charge in [0.1, 0.15) is 12.6 Å². The lowest BCUT2D eigenvalue weighted by atomic mass is 10.0. The molecule has 0 spiro atoms. The Morgan fingerprint density at radius 2 is 1.17 bits per heavy atom. The minimum Gasteiger partial charge on any atom is -0.303 e. The van der Waals surface area contributed by atoms with Gasteiger partial charge in [-0.15, -0.1) is 0 Å². The average Bonchev–Trinajstić information content (AvgIpc) is 2.61. The highest BCUT2D eigenvalue weighted by Crippen LogP contribution is 2.12. The molecule has 2 nitrogen and oxygen atoms in total. The molecule has 0 N–H and O–H groups in total. The van der Waals surface area contributed by atoms with Gasteiger partial charge in [-0.25, -0.2) is 0 Å². The number of allylic oxidation sites excluding steroid dienone is 2. The lowest BCUT2D eigenvalue weighted by Crippen LogP contribution is -1.87. The van der Waals surface area contributed by atoms with Crippen molar-refractivity contribution in [3.63, 3.8) is 0 Å². The normalized spacial score (nSPS) is 10.9. The summed E-state index contributed by atoms with van der Waals surface area (Å²) in [7, 11) is 0. The van der Waals surface area contributed by atoms with E-state index < -0.39 is 0 Å². The van der Waals surface area contributed by atoms with Crippen LogP contribution in [-0.2, 0) is 9.59 Å². The molecule has 142 valence electrons. The van der Waals surface area contributed by atoms with E-state index in [1.807, 2.05) is 0 Å². The zero-order valence-corrected chi connectivity index (χ0v) is 16.7. The molecule has 0 radical (unpaired) electrons. The minimum atomic E-state index is 0.733. The van der Waals surface area contributed by atoms with E-state index in [0.29, 0.717) is 0 Å². The van der Waals surface area contributed by atoms with Gasteiger partial charge in [-0.2, -0.15) is 0 Å². The molecule has 24 heavy (non-hydrogen) atoms. The Kier molecular flexibility index (Phi) is 25.7. The molecular formula is C22H42O2. The van der Waals surface area contributed by atoms with Crippen LogP contribution in [-0.4, -0.2) is 12.6 Å². The maximum atomic E-state index is 10.9. The number of hydrogen-bond acceptors (Lipinski definition) is 2. The fraction of sp³-hybridized carbons (Fsp3) is 0.818. The first-order chi connectivity index (χ1) is 11.8. The van der Waals surface area contributed by atoms with Crippen LogP contribution < -0.4 is 0 Å². The first-order valence-corrected chi connectivity index (χ1v) is 10.3. The average molecular weight is 339 g/mol. The molecule has 0 aliphatic heterocycles. The SMILES string of the molecule is CCCCC=O.CCCCCCCCC=C(C=O)CCCCCC. The predicted octanol–water partition coefficient (Wildman–Crippen LogP) is 7.21. The van der Waals surface area contributed by atoms with Gasteiger partial charge in [0.15, 0.2) is 0 Å². The van der Waals surface area contributed by atoms with Gasteiger partial charge in [0.2, 0.25) is 0 Å². The molecule has 0 saturated heterocycles. The number of aldehydes is 2. The summed E-state index contributed by atoms with van der Waals surface area (Å²) < 4.78 is 0. The summed E-state index contributed by atoms with van der Waals surface area (Å²) in [4.78, 5) is 20.5. The van der Waals surface area contributed by atoms with Crippen LogP contribution in [0.5, 0.6) is 0 Å². The van der Waals surface area contributed by atoms with Crippen molar-refractivity contribution in [2.45, 2.75) is 117 Å². The van der Waals surface area contributed by atoms with Gasteiger partial charge < -0.3 is 4.79 Å². The lowest BCUT2D eigenvalue weighted by Gasteiger charge is -2.01. The van der Waals surface area contributed by atoms with Crippen molar-refractivity contribution < 1.29 is 9.59 Å². The van der Waals surface area contributed by atoms with Crippen LogP contribution in [0.25, 0.3) is 0 Å². The van der Waals surface area contributed by atoms with Crippen LogP contribution in [0.1, 0.15) is 117 Å². The third-order valence-corrected chi connectivity index (χ3v) is 4.11. The van der Waals surface area contributed by atoms with Crippen molar-refractivity contribution in [1.29, 1.82) is 0 Å². The molecule has 0 aliphatic rings. The Hall–Kier alpha value is -0.920. The molecule has 0 amide bonds. The largest absolute Gasteiger partial charge is 0.303 e. The van der Waals surface area contributed by atoms with Crippen molar-refractivity contribution in [1.82, 2.24) is 0 Å². The van der Waals surface area contributed by atoms with Gasteiger partial charge in [0.25, 0.3) is 0 Å². The fourth-order valence-corrected chi connectivity index (χ4v) is 2.46. The molecule has 2 heteroatoms. The highest BCUT2D eigenvalue weighted by molar-refractivity contribution is 5.72. The molecule has 0 aromatic rings. The van der Waals surface area contributed by atoms with Crippen LogP contribution in [0.2, 0.25) is 0 Å². The summed E-state index contributed by atoms with van der Waals surface area (Å²) in [6, 6.07) is 0. The summed E-state index contributed by atoms with van der Waals surface area (Å²) in [6.45, 7) is 6.54. The van der Waals surface area contributed by atoms with Gasteiger partial charge in [0.05, 0.1) is 0 Å². The lowest BCUT2D eigenvalue weighted by molar-refractivity contribution is -0.108. The molecule has 0 rings (SSSR count). The van der Waals surface area contributed by atoms with Gasteiger partial charge >= 0.3 is 0 Å². The van der Waals surface area contributed by atoms with E-state index in [4.69, 9.17) is 0 Å². The quantitative estimate of drug-likeness (QED) is 0.169. The maximum Gasteiger partial charge on any atom is 0.145 e. The highest BCUT2D eigenvalue weighted by atomic mass is 16.1. The first-order valence-electron chi connectivity index (χ1n) is 10.3. The molecule has 0 unspecified atom stereocenters. The smallest absolute Gasteiger partial charge is 0.145 e. The number of carbonyl (C=O) groups is 2. The maximum absolute atomic E-state index is 10.9. The molecule has 0 aliphatic carbocycles. The summed E-state index contributed by atoms with van der Waals surface area (Å²) in [5.41, 5.74) is 1.03. The summed E-state index contributed by atoms with van der Waals surface area (Å²) >= 11 is 0. The van der Waals surface area contributed by atoms with Crippen molar-refractivity contribution in [3.8, 4) is 0 Å². The number of hydrogen-bond donors (Lipinski definition) is 0. The summed E-state index contributed by atoms with van der Waals surface area (Å²) in [6.07, 6.45) is 22.1. The molecule has 0 saturated carbocycles. The molecule has 0 aromatic heterocycles. The van der Waals surface area contributed by atoms with Crippen molar-refractivity contribution in [2.24, 2.45) is 0 Å². The predicted molar refractivity (Wildman–Crippen MR) is 106 cm³/mol. The van der Waals surface area contributed by atoms with Crippen LogP contribution in [0, 0.1) is 0 Å². The standard InChI is InChI=1S/C17H32O.C5H10O/c1-3-5-7-9-10-11-13-15-17(16-18)14-12-8-6-4-2;1-2-3-4-5-6/h15-16H,3-14H2,1-2H3;5H,2-4H2,1H3. The Morgan fingerprint density at radius 1 is 0.625 bits per heavy atom. The Bertz CT molecular complexity index is 282. The second-order valence-electron chi connectivity index (χ2n) is 6.57. The van der Waals surface area contributed by atoms with Crippen molar-refractivity contribution >= 4 is 12.6 Å². The van der Waals surface area contributed by atoms with E-state index in [1.54, 1.807) is 0 Å². The third kappa shape index (κ3) is 23.3. The second kappa shape index (κ2) is 24.3. The molecule has 0 atom stereocenters. The highest BCUT2D eigenvalue weighted by Gasteiger charge is 1.96. The molecule has 0 bridgehead atoms. The Labute approximate surface area is 151 Å². The zero-order chi connectivity index (χ0) is 18.3. The Balaban J connectivity index is 0. The minimum absolute atomic E-state index is 0.733. The second-order valence-corrected chi connectivity index (χ2v) is 6.57. The van der Waals surface area contributed by atoms with E-state index in [1.165, 1.54) is 64.2 Å². The van der Waals surface area contributed by atoms with E-state index in [2.05, 4.69) is 26.8 Å². The first kappa shape index (κ1) is 25.3.